The molecule has 2 aromatic rings. The second kappa shape index (κ2) is 9.44. The Kier molecular flexibility index (Phi) is 7.77. The van der Waals surface area contributed by atoms with E-state index in [9.17, 15) is 36.0 Å². The number of ether oxygens (including phenoxy) is 1. The number of pyridine rings is 2. The predicted octanol–water partition coefficient (Wildman–Crippen LogP) is -0.882. The van der Waals surface area contributed by atoms with Crippen molar-refractivity contribution >= 4 is 32.2 Å². The van der Waals surface area contributed by atoms with Crippen LogP contribution in [0.2, 0.25) is 0 Å². The molecule has 0 amide bonds. The highest BCUT2D eigenvalue weighted by Gasteiger charge is 2.18. The Labute approximate surface area is 167 Å². The number of carbonyl (C=O) groups excluding carboxylic acids is 1. The van der Waals surface area contributed by atoms with Gasteiger partial charge in [0.05, 0.1) is 6.61 Å². The Morgan fingerprint density at radius 3 is 1.67 bits per heavy atom. The van der Waals surface area contributed by atoms with Gasteiger partial charge in [-0.1, -0.05) is 0 Å². The fourth-order valence-electron chi connectivity index (χ4n) is 1.74. The number of aromatic nitrogens is 2. The normalized spacial score (nSPS) is 11.2. The van der Waals surface area contributed by atoms with Crippen LogP contribution in [0.4, 0.5) is 0 Å². The summed E-state index contributed by atoms with van der Waals surface area (Å²) in [4.78, 5) is 46.3. The molecule has 2 heterocycles. The molecule has 2 rings (SSSR count). The summed E-state index contributed by atoms with van der Waals surface area (Å²) < 4.78 is 64.4. The summed E-state index contributed by atoms with van der Waals surface area (Å²) in [6.45, 7) is 1.59. The fourth-order valence-corrected chi connectivity index (χ4v) is 2.69. The minimum absolute atomic E-state index is 0.0500. The smallest absolute Gasteiger partial charge is 0.343 e. The number of hydrogen-bond donors (Lipinski definition) is 5. The number of esters is 1. The number of aromatic carboxylic acids is 1. The quantitative estimate of drug-likeness (QED) is 0.266. The first kappa shape index (κ1) is 24.7. The van der Waals surface area contributed by atoms with E-state index < -0.39 is 64.2 Å². The van der Waals surface area contributed by atoms with E-state index in [1.807, 2.05) is 9.97 Å². The van der Waals surface area contributed by atoms with Crippen LogP contribution in [0.5, 0.6) is 0 Å². The maximum Gasteiger partial charge on any atom is 0.343 e. The number of carboxylic acids is 1. The number of carboxylic acid groups (broad SMARTS) is 1. The van der Waals surface area contributed by atoms with Crippen LogP contribution in [0.15, 0.2) is 43.9 Å². The standard InChI is InChI=1S/C8H9NO6S.C6H5NO6S/c1-2-15-8(11)6-3-5(16(12,13)14)4-9-7(6)10;8-5-4(6(9)10)1-3(2-7-5)14(11,12)13/h3-4H,2H2,1H3,(H,9,10)(H,12,13,14);1-2H,(H,7,8)(H,9,10)(H,11,12,13). The van der Waals surface area contributed by atoms with Gasteiger partial charge < -0.3 is 19.8 Å². The van der Waals surface area contributed by atoms with Gasteiger partial charge in [-0.25, -0.2) is 9.59 Å². The van der Waals surface area contributed by atoms with Crippen LogP contribution in [0.3, 0.4) is 0 Å². The number of H-pyrrole nitrogens is 2. The summed E-state index contributed by atoms with van der Waals surface area (Å²) in [5.74, 6) is -2.52. The SMILES string of the molecule is CCOC(=O)c1cc(S(=O)(=O)O)c[nH]c1=O.O=C(O)c1cc(S(=O)(=O)O)c[nH]c1=O. The van der Waals surface area contributed by atoms with Crippen LogP contribution >= 0.6 is 0 Å². The van der Waals surface area contributed by atoms with Crippen molar-refractivity contribution in [2.24, 2.45) is 0 Å². The Bertz CT molecular complexity index is 1290. The van der Waals surface area contributed by atoms with Gasteiger partial charge in [0.2, 0.25) is 0 Å². The van der Waals surface area contributed by atoms with Gasteiger partial charge in [-0.3, -0.25) is 18.7 Å². The fraction of sp³-hybridized carbons (Fsp3) is 0.143. The monoisotopic (exact) mass is 466 g/mol. The molecule has 0 saturated heterocycles. The van der Waals surface area contributed by atoms with Crippen molar-refractivity contribution in [1.29, 1.82) is 0 Å². The van der Waals surface area contributed by atoms with Gasteiger partial charge in [-0.2, -0.15) is 16.8 Å². The Balaban J connectivity index is 0.000000303. The first-order valence-corrected chi connectivity index (χ1v) is 10.4. The van der Waals surface area contributed by atoms with E-state index in [2.05, 4.69) is 4.74 Å². The summed E-state index contributed by atoms with van der Waals surface area (Å²) in [5, 5.41) is 8.46. The summed E-state index contributed by atoms with van der Waals surface area (Å²) in [5.41, 5.74) is -2.95. The zero-order valence-electron chi connectivity index (χ0n) is 14.8. The lowest BCUT2D eigenvalue weighted by atomic mass is 10.3. The molecule has 2 aromatic heterocycles. The molecule has 0 aromatic carbocycles. The third kappa shape index (κ3) is 6.62. The average Bonchev–Trinajstić information content (AvgIpc) is 2.61. The number of hydrogen-bond acceptors (Lipinski definition) is 9. The predicted molar refractivity (Wildman–Crippen MR) is 96.7 cm³/mol. The van der Waals surface area contributed by atoms with Crippen LogP contribution in [-0.2, 0) is 25.0 Å². The lowest BCUT2D eigenvalue weighted by Crippen LogP contribution is -2.20. The topological polar surface area (TPSA) is 238 Å². The van der Waals surface area contributed by atoms with Crippen molar-refractivity contribution < 1.29 is 45.4 Å². The molecule has 0 aliphatic rings. The first-order valence-electron chi connectivity index (χ1n) is 7.49. The molecule has 0 bridgehead atoms. The zero-order valence-corrected chi connectivity index (χ0v) is 16.5. The van der Waals surface area contributed by atoms with E-state index in [1.54, 1.807) is 6.92 Å². The number of nitrogens with one attached hydrogen (secondary N) is 2. The van der Waals surface area contributed by atoms with E-state index in [4.69, 9.17) is 14.2 Å². The molecule has 0 spiro atoms. The third-order valence-electron chi connectivity index (χ3n) is 3.07. The summed E-state index contributed by atoms with van der Waals surface area (Å²) in [6, 6.07) is 1.34. The van der Waals surface area contributed by atoms with E-state index in [0.717, 1.165) is 12.3 Å². The van der Waals surface area contributed by atoms with E-state index in [-0.39, 0.29) is 6.61 Å². The molecule has 5 N–H and O–H groups in total. The molecule has 30 heavy (non-hydrogen) atoms. The van der Waals surface area contributed by atoms with Crippen molar-refractivity contribution in [1.82, 2.24) is 9.97 Å². The van der Waals surface area contributed by atoms with Gasteiger partial charge in [0, 0.05) is 12.4 Å². The molecule has 14 nitrogen and oxygen atoms in total. The average molecular weight is 466 g/mol. The Morgan fingerprint density at radius 2 is 1.30 bits per heavy atom. The Hall–Kier alpha value is -3.34. The molecule has 16 heteroatoms. The minimum atomic E-state index is -4.51. The minimum Gasteiger partial charge on any atom is -0.477 e. The van der Waals surface area contributed by atoms with E-state index >= 15 is 0 Å². The Morgan fingerprint density at radius 1 is 0.900 bits per heavy atom. The van der Waals surface area contributed by atoms with Gasteiger partial charge in [0.15, 0.2) is 0 Å². The third-order valence-corrected chi connectivity index (χ3v) is 4.74. The molecule has 164 valence electrons. The molecule has 0 saturated carbocycles. The molecule has 0 radical (unpaired) electrons. The molecule has 0 unspecified atom stereocenters. The van der Waals surface area contributed by atoms with Crippen LogP contribution in [0, 0.1) is 0 Å². The van der Waals surface area contributed by atoms with Crippen LogP contribution in [0.25, 0.3) is 0 Å². The van der Waals surface area contributed by atoms with Crippen LogP contribution < -0.4 is 11.1 Å². The molecule has 0 aliphatic carbocycles. The second-order valence-corrected chi connectivity index (χ2v) is 7.98. The largest absolute Gasteiger partial charge is 0.477 e. The first-order chi connectivity index (χ1) is 13.7. The van der Waals surface area contributed by atoms with Crippen molar-refractivity contribution in [3.8, 4) is 0 Å². The van der Waals surface area contributed by atoms with Crippen molar-refractivity contribution in [2.45, 2.75) is 16.7 Å². The highest BCUT2D eigenvalue weighted by molar-refractivity contribution is 7.86. The number of carbonyl (C=O) groups is 2. The van der Waals surface area contributed by atoms with Gasteiger partial charge in [0.25, 0.3) is 31.4 Å². The summed E-state index contributed by atoms with van der Waals surface area (Å²) in [7, 11) is -8.98. The van der Waals surface area contributed by atoms with E-state index in [0.29, 0.717) is 12.3 Å². The van der Waals surface area contributed by atoms with Gasteiger partial charge in [-0.15, -0.1) is 0 Å². The summed E-state index contributed by atoms with van der Waals surface area (Å²) >= 11 is 0. The molecular weight excluding hydrogens is 452 g/mol. The molecule has 0 atom stereocenters. The highest BCUT2D eigenvalue weighted by Crippen LogP contribution is 2.07. The van der Waals surface area contributed by atoms with E-state index in [1.165, 1.54) is 0 Å². The van der Waals surface area contributed by atoms with Gasteiger partial charge in [-0.05, 0) is 19.1 Å². The van der Waals surface area contributed by atoms with Crippen molar-refractivity contribution in [3.05, 3.63) is 56.4 Å². The maximum atomic E-state index is 11.2. The lowest BCUT2D eigenvalue weighted by molar-refractivity contribution is 0.0523. The zero-order chi connectivity index (χ0) is 23.3. The van der Waals surface area contributed by atoms with Crippen molar-refractivity contribution in [3.63, 3.8) is 0 Å². The second-order valence-electron chi connectivity index (χ2n) is 5.13. The van der Waals surface area contributed by atoms with Gasteiger partial charge >= 0.3 is 11.9 Å². The summed E-state index contributed by atoms with van der Waals surface area (Å²) in [6.07, 6.45) is 1.50. The van der Waals surface area contributed by atoms with Crippen LogP contribution in [0.1, 0.15) is 27.6 Å². The molecular formula is C14H14N2O12S2. The van der Waals surface area contributed by atoms with Gasteiger partial charge in [0.1, 0.15) is 20.9 Å². The highest BCUT2D eigenvalue weighted by atomic mass is 32.2. The molecule has 0 aliphatic heterocycles. The van der Waals surface area contributed by atoms with Crippen LogP contribution in [-0.4, -0.2) is 59.6 Å². The molecule has 0 fully saturated rings. The lowest BCUT2D eigenvalue weighted by Gasteiger charge is -2.02. The number of rotatable bonds is 5. The van der Waals surface area contributed by atoms with Crippen molar-refractivity contribution in [2.75, 3.05) is 6.61 Å². The maximum absolute atomic E-state index is 11.2. The number of aromatic amines is 2.